The van der Waals surface area contributed by atoms with Crippen molar-refractivity contribution in [2.45, 2.75) is 25.7 Å². The van der Waals surface area contributed by atoms with Crippen LogP contribution in [0, 0.1) is 0 Å². The molecule has 1 N–H and O–H groups in total. The second-order valence-corrected chi connectivity index (χ2v) is 5.45. The zero-order valence-electron chi connectivity index (χ0n) is 10.2. The van der Waals surface area contributed by atoms with Crippen molar-refractivity contribution in [2.75, 3.05) is 26.2 Å². The number of thiophene rings is 1. The summed E-state index contributed by atoms with van der Waals surface area (Å²) in [5, 5.41) is 5.41. The number of rotatable bonds is 4. The van der Waals surface area contributed by atoms with E-state index < -0.39 is 0 Å². The maximum atomic E-state index is 12.0. The van der Waals surface area contributed by atoms with Crippen molar-refractivity contribution in [1.29, 1.82) is 0 Å². The van der Waals surface area contributed by atoms with Gasteiger partial charge in [-0.05, 0) is 37.3 Å². The molecule has 2 rings (SSSR count). The highest BCUT2D eigenvalue weighted by Gasteiger charge is 2.14. The fourth-order valence-electron chi connectivity index (χ4n) is 2.12. The number of nitrogens with zero attached hydrogens (tertiary/aromatic N) is 1. The molecule has 0 aliphatic carbocycles. The van der Waals surface area contributed by atoms with Gasteiger partial charge in [0.2, 0.25) is 5.91 Å². The molecular formula is C13H20N2OS. The van der Waals surface area contributed by atoms with E-state index in [1.807, 2.05) is 4.90 Å². The van der Waals surface area contributed by atoms with Gasteiger partial charge in [-0.25, -0.2) is 0 Å². The van der Waals surface area contributed by atoms with Crippen LogP contribution in [0.5, 0.6) is 0 Å². The van der Waals surface area contributed by atoms with Crippen molar-refractivity contribution in [1.82, 2.24) is 10.2 Å². The van der Waals surface area contributed by atoms with Crippen LogP contribution in [0.25, 0.3) is 0 Å². The summed E-state index contributed by atoms with van der Waals surface area (Å²) in [6.45, 7) is 3.78. The number of carbonyl (C=O) groups excluding carboxylic acids is 1. The van der Waals surface area contributed by atoms with Crippen LogP contribution in [0.15, 0.2) is 17.5 Å². The lowest BCUT2D eigenvalue weighted by Gasteiger charge is -2.19. The molecule has 1 aromatic heterocycles. The summed E-state index contributed by atoms with van der Waals surface area (Å²) in [4.78, 5) is 15.4. The predicted molar refractivity (Wildman–Crippen MR) is 71.3 cm³/mol. The summed E-state index contributed by atoms with van der Waals surface area (Å²) >= 11 is 1.78. The first-order valence-corrected chi connectivity index (χ1v) is 7.25. The lowest BCUT2D eigenvalue weighted by molar-refractivity contribution is -0.131. The fraction of sp³-hybridized carbons (Fsp3) is 0.615. The first-order chi connectivity index (χ1) is 8.36. The first kappa shape index (κ1) is 12.6. The molecule has 0 atom stereocenters. The molecule has 1 aromatic rings. The molecule has 0 bridgehead atoms. The van der Waals surface area contributed by atoms with Gasteiger partial charge in [0.1, 0.15) is 0 Å². The van der Waals surface area contributed by atoms with E-state index >= 15 is 0 Å². The van der Waals surface area contributed by atoms with Crippen molar-refractivity contribution in [3.8, 4) is 0 Å². The molecule has 1 fully saturated rings. The molecule has 1 aliphatic rings. The van der Waals surface area contributed by atoms with Gasteiger partial charge in [0.15, 0.2) is 0 Å². The van der Waals surface area contributed by atoms with Gasteiger partial charge >= 0.3 is 0 Å². The van der Waals surface area contributed by atoms with Gasteiger partial charge in [-0.15, -0.1) is 11.3 Å². The summed E-state index contributed by atoms with van der Waals surface area (Å²) in [5.74, 6) is 0.324. The number of carbonyl (C=O) groups is 1. The number of aryl methyl sites for hydroxylation is 1. The zero-order chi connectivity index (χ0) is 11.9. The van der Waals surface area contributed by atoms with E-state index in [2.05, 4.69) is 22.8 Å². The fourth-order valence-corrected chi connectivity index (χ4v) is 2.87. The van der Waals surface area contributed by atoms with Crippen molar-refractivity contribution in [3.05, 3.63) is 22.4 Å². The molecule has 4 heteroatoms. The molecule has 0 radical (unpaired) electrons. The van der Waals surface area contributed by atoms with E-state index in [1.165, 1.54) is 4.88 Å². The molecule has 1 aliphatic heterocycles. The van der Waals surface area contributed by atoms with Gasteiger partial charge in [-0.1, -0.05) is 6.07 Å². The molecule has 3 nitrogen and oxygen atoms in total. The van der Waals surface area contributed by atoms with Crippen molar-refractivity contribution in [3.63, 3.8) is 0 Å². The van der Waals surface area contributed by atoms with Gasteiger partial charge in [0.25, 0.3) is 0 Å². The van der Waals surface area contributed by atoms with Crippen molar-refractivity contribution < 1.29 is 4.79 Å². The minimum atomic E-state index is 0.324. The Bertz CT molecular complexity index is 329. The van der Waals surface area contributed by atoms with E-state index in [9.17, 15) is 4.79 Å². The average molecular weight is 252 g/mol. The minimum absolute atomic E-state index is 0.324. The zero-order valence-corrected chi connectivity index (χ0v) is 11.0. The van der Waals surface area contributed by atoms with Crippen LogP contribution in [0.1, 0.15) is 24.1 Å². The Kier molecular flexibility index (Phi) is 5.01. The number of hydrogen-bond acceptors (Lipinski definition) is 3. The maximum Gasteiger partial charge on any atom is 0.222 e. The Balaban J connectivity index is 1.69. The minimum Gasteiger partial charge on any atom is -0.341 e. The Morgan fingerprint density at radius 2 is 2.35 bits per heavy atom. The van der Waals surface area contributed by atoms with Crippen LogP contribution in [-0.4, -0.2) is 37.0 Å². The summed E-state index contributed by atoms with van der Waals surface area (Å²) in [5.41, 5.74) is 0. The Hall–Kier alpha value is -0.870. The van der Waals surface area contributed by atoms with Gasteiger partial charge in [0, 0.05) is 30.9 Å². The van der Waals surface area contributed by atoms with E-state index in [0.29, 0.717) is 12.3 Å². The molecule has 2 heterocycles. The third-order valence-corrected chi connectivity index (χ3v) is 4.02. The predicted octanol–water partition coefficient (Wildman–Crippen LogP) is 1.89. The smallest absolute Gasteiger partial charge is 0.222 e. The van der Waals surface area contributed by atoms with Gasteiger partial charge in [-0.3, -0.25) is 4.79 Å². The van der Waals surface area contributed by atoms with E-state index in [0.717, 1.165) is 45.4 Å². The molecule has 94 valence electrons. The second-order valence-electron chi connectivity index (χ2n) is 4.42. The van der Waals surface area contributed by atoms with E-state index in [4.69, 9.17) is 0 Å². The highest BCUT2D eigenvalue weighted by molar-refractivity contribution is 7.09. The highest BCUT2D eigenvalue weighted by Crippen LogP contribution is 2.12. The van der Waals surface area contributed by atoms with Crippen LogP contribution in [0.3, 0.4) is 0 Å². The molecular weight excluding hydrogens is 232 g/mol. The highest BCUT2D eigenvalue weighted by atomic mass is 32.1. The number of nitrogens with one attached hydrogen (secondary N) is 1. The molecule has 0 saturated carbocycles. The average Bonchev–Trinajstić information content (AvgIpc) is 2.69. The lowest BCUT2D eigenvalue weighted by Crippen LogP contribution is -2.34. The quantitative estimate of drug-likeness (QED) is 0.887. The Labute approximate surface area is 107 Å². The molecule has 0 unspecified atom stereocenters. The monoisotopic (exact) mass is 252 g/mol. The van der Waals surface area contributed by atoms with E-state index in [1.54, 1.807) is 11.3 Å². The molecule has 1 amide bonds. The van der Waals surface area contributed by atoms with Gasteiger partial charge in [-0.2, -0.15) is 0 Å². The third kappa shape index (κ3) is 4.13. The number of hydrogen-bond donors (Lipinski definition) is 1. The SMILES string of the molecule is O=C(CCCc1cccs1)N1CCCNCC1. The van der Waals surface area contributed by atoms with E-state index in [-0.39, 0.29) is 0 Å². The summed E-state index contributed by atoms with van der Waals surface area (Å²) in [6, 6.07) is 4.22. The first-order valence-electron chi connectivity index (χ1n) is 6.37. The summed E-state index contributed by atoms with van der Waals surface area (Å²) in [7, 11) is 0. The molecule has 1 saturated heterocycles. The van der Waals surface area contributed by atoms with Gasteiger partial charge in [0.05, 0.1) is 0 Å². The number of amides is 1. The molecule has 0 spiro atoms. The maximum absolute atomic E-state index is 12.0. The van der Waals surface area contributed by atoms with Crippen molar-refractivity contribution in [2.24, 2.45) is 0 Å². The summed E-state index contributed by atoms with van der Waals surface area (Å²) in [6.07, 6.45) is 3.79. The molecule has 17 heavy (non-hydrogen) atoms. The van der Waals surface area contributed by atoms with Crippen molar-refractivity contribution >= 4 is 17.2 Å². The van der Waals surface area contributed by atoms with Crippen LogP contribution < -0.4 is 5.32 Å². The topological polar surface area (TPSA) is 32.3 Å². The Morgan fingerprint density at radius 1 is 1.41 bits per heavy atom. The molecule has 0 aromatic carbocycles. The lowest BCUT2D eigenvalue weighted by atomic mass is 10.2. The Morgan fingerprint density at radius 3 is 3.18 bits per heavy atom. The van der Waals surface area contributed by atoms with Crippen LogP contribution in [0.4, 0.5) is 0 Å². The standard InChI is InChI=1S/C13H20N2OS/c16-13(15-9-3-7-14-8-10-15)6-1-4-12-5-2-11-17-12/h2,5,11,14H,1,3-4,6-10H2. The normalized spacial score (nSPS) is 16.8. The summed E-state index contributed by atoms with van der Waals surface area (Å²) < 4.78 is 0. The van der Waals surface area contributed by atoms with Crippen LogP contribution in [0.2, 0.25) is 0 Å². The van der Waals surface area contributed by atoms with Crippen LogP contribution in [-0.2, 0) is 11.2 Å². The third-order valence-electron chi connectivity index (χ3n) is 3.09. The van der Waals surface area contributed by atoms with Crippen LogP contribution >= 0.6 is 11.3 Å². The second kappa shape index (κ2) is 6.77. The van der Waals surface area contributed by atoms with Gasteiger partial charge < -0.3 is 10.2 Å². The largest absolute Gasteiger partial charge is 0.341 e.